The van der Waals surface area contributed by atoms with Gasteiger partial charge in [-0.1, -0.05) is 11.8 Å². The lowest BCUT2D eigenvalue weighted by Crippen LogP contribution is -2.26. The largest absolute Gasteiger partial charge is 0.395 e. The lowest BCUT2D eigenvalue weighted by molar-refractivity contribution is 0.0937. The minimum Gasteiger partial charge on any atom is -0.395 e. The smallest absolute Gasteiger partial charge is 0.251 e. The Kier molecular flexibility index (Phi) is 8.29. The molecule has 2 rings (SSSR count). The van der Waals surface area contributed by atoms with Crippen molar-refractivity contribution in [3.63, 3.8) is 0 Å². The third kappa shape index (κ3) is 6.62. The summed E-state index contributed by atoms with van der Waals surface area (Å²) in [5.41, 5.74) is 2.44. The monoisotopic (exact) mass is 376 g/mol. The molecule has 0 atom stereocenters. The fraction of sp³-hybridized carbons (Fsp3) is 0.182. The molecular weight excluding hydrogens is 356 g/mol. The Morgan fingerprint density at radius 3 is 1.36 bits per heavy atom. The van der Waals surface area contributed by atoms with Gasteiger partial charge < -0.3 is 20.8 Å². The fourth-order valence-electron chi connectivity index (χ4n) is 2.16. The second-order valence-corrected chi connectivity index (χ2v) is 5.61. The maximum absolute atomic E-state index is 11.7. The number of hydrogen-bond acceptors (Lipinski definition) is 4. The number of carbonyl (C=O) groups excluding carboxylic acids is 2. The summed E-state index contributed by atoms with van der Waals surface area (Å²) in [5, 5.41) is 22.6. The van der Waals surface area contributed by atoms with E-state index in [-0.39, 0.29) is 38.1 Å². The first-order valence-corrected chi connectivity index (χ1v) is 8.64. The van der Waals surface area contributed by atoms with Gasteiger partial charge in [0, 0.05) is 35.3 Å². The van der Waals surface area contributed by atoms with Gasteiger partial charge in [-0.2, -0.15) is 0 Å². The van der Waals surface area contributed by atoms with Crippen molar-refractivity contribution in [2.75, 3.05) is 26.3 Å². The van der Waals surface area contributed by atoms with Crippen LogP contribution in [0.25, 0.3) is 0 Å². The van der Waals surface area contributed by atoms with Crippen molar-refractivity contribution in [3.8, 4) is 23.7 Å². The van der Waals surface area contributed by atoms with Crippen molar-refractivity contribution in [1.82, 2.24) is 10.6 Å². The van der Waals surface area contributed by atoms with Gasteiger partial charge in [-0.3, -0.25) is 9.59 Å². The van der Waals surface area contributed by atoms with Crippen molar-refractivity contribution in [2.24, 2.45) is 0 Å². The van der Waals surface area contributed by atoms with E-state index in [0.717, 1.165) is 11.1 Å². The van der Waals surface area contributed by atoms with E-state index in [1.807, 2.05) is 0 Å². The molecule has 4 N–H and O–H groups in total. The molecule has 0 aliphatic carbocycles. The Balaban J connectivity index is 1.95. The molecule has 2 amide bonds. The Bertz CT molecular complexity index is 847. The maximum Gasteiger partial charge on any atom is 0.251 e. The number of amides is 2. The zero-order valence-electron chi connectivity index (χ0n) is 15.2. The van der Waals surface area contributed by atoms with Crippen LogP contribution in [0.5, 0.6) is 0 Å². The Labute approximate surface area is 163 Å². The topological polar surface area (TPSA) is 98.7 Å². The number of nitrogens with one attached hydrogen (secondary N) is 2. The molecule has 6 heteroatoms. The molecule has 0 heterocycles. The van der Waals surface area contributed by atoms with E-state index in [9.17, 15) is 9.59 Å². The molecule has 0 aliphatic heterocycles. The highest BCUT2D eigenvalue weighted by atomic mass is 16.3. The summed E-state index contributed by atoms with van der Waals surface area (Å²) in [7, 11) is 0. The molecule has 0 unspecified atom stereocenters. The van der Waals surface area contributed by atoms with Gasteiger partial charge in [-0.05, 0) is 60.4 Å². The first-order valence-electron chi connectivity index (χ1n) is 8.64. The summed E-state index contributed by atoms with van der Waals surface area (Å²) in [6.45, 7) is 0.218. The molecule has 0 saturated heterocycles. The van der Waals surface area contributed by atoms with Gasteiger partial charge in [0.25, 0.3) is 11.8 Å². The third-order valence-corrected chi connectivity index (χ3v) is 3.57. The van der Waals surface area contributed by atoms with Crippen molar-refractivity contribution >= 4 is 11.8 Å². The minimum atomic E-state index is -0.248. The molecule has 0 spiro atoms. The summed E-state index contributed by atoms with van der Waals surface area (Å²) >= 11 is 0. The number of aliphatic hydroxyl groups excluding tert-OH is 2. The summed E-state index contributed by atoms with van der Waals surface area (Å²) < 4.78 is 0. The highest BCUT2D eigenvalue weighted by Crippen LogP contribution is 2.04. The van der Waals surface area contributed by atoms with Gasteiger partial charge in [-0.15, -0.1) is 0 Å². The number of carbonyl (C=O) groups is 2. The van der Waals surface area contributed by atoms with E-state index in [1.165, 1.54) is 0 Å². The molecule has 0 saturated carbocycles. The van der Waals surface area contributed by atoms with Gasteiger partial charge in [0.1, 0.15) is 0 Å². The molecule has 2 aromatic rings. The SMILES string of the molecule is O=C(NCCO)c1ccc(C#CC#Cc2ccc(C(=O)NCCO)cc2)cc1. The van der Waals surface area contributed by atoms with E-state index in [0.29, 0.717) is 11.1 Å². The van der Waals surface area contributed by atoms with Crippen LogP contribution >= 0.6 is 0 Å². The lowest BCUT2D eigenvalue weighted by Gasteiger charge is -2.02. The van der Waals surface area contributed by atoms with Crippen molar-refractivity contribution in [3.05, 3.63) is 70.8 Å². The molecule has 6 nitrogen and oxygen atoms in total. The van der Waals surface area contributed by atoms with E-state index in [2.05, 4.69) is 34.3 Å². The van der Waals surface area contributed by atoms with Gasteiger partial charge >= 0.3 is 0 Å². The van der Waals surface area contributed by atoms with Crippen LogP contribution in [0.4, 0.5) is 0 Å². The summed E-state index contributed by atoms with van der Waals surface area (Å²) in [6, 6.07) is 13.5. The number of benzene rings is 2. The first kappa shape index (κ1) is 20.7. The third-order valence-electron chi connectivity index (χ3n) is 3.57. The molecular formula is C22H20N2O4. The van der Waals surface area contributed by atoms with Crippen LogP contribution in [0, 0.1) is 23.7 Å². The van der Waals surface area contributed by atoms with Crippen molar-refractivity contribution in [2.45, 2.75) is 0 Å². The standard InChI is InChI=1S/C22H20N2O4/c25-15-13-23-21(27)19-9-5-17(6-10-19)3-1-2-4-18-7-11-20(12-8-18)22(28)24-14-16-26/h5-12,25-26H,13-16H2,(H,23,27)(H,24,28). The zero-order valence-corrected chi connectivity index (χ0v) is 15.2. The second kappa shape index (κ2) is 11.2. The quantitative estimate of drug-likeness (QED) is 0.553. The molecule has 0 aromatic heterocycles. The number of hydrogen-bond donors (Lipinski definition) is 4. The number of rotatable bonds is 6. The van der Waals surface area contributed by atoms with Crippen LogP contribution in [0.1, 0.15) is 31.8 Å². The maximum atomic E-state index is 11.7. The van der Waals surface area contributed by atoms with Crippen LogP contribution < -0.4 is 10.6 Å². The fourth-order valence-corrected chi connectivity index (χ4v) is 2.16. The highest BCUT2D eigenvalue weighted by molar-refractivity contribution is 5.94. The van der Waals surface area contributed by atoms with Crippen LogP contribution in [-0.4, -0.2) is 48.3 Å². The van der Waals surface area contributed by atoms with Crippen LogP contribution in [0.3, 0.4) is 0 Å². The van der Waals surface area contributed by atoms with Gasteiger partial charge in [0.15, 0.2) is 0 Å². The summed E-state index contributed by atoms with van der Waals surface area (Å²) in [4.78, 5) is 23.5. The minimum absolute atomic E-state index is 0.104. The molecule has 0 radical (unpaired) electrons. The molecule has 0 fully saturated rings. The first-order chi connectivity index (χ1) is 13.6. The number of aliphatic hydroxyl groups is 2. The zero-order chi connectivity index (χ0) is 20.2. The second-order valence-electron chi connectivity index (χ2n) is 5.61. The van der Waals surface area contributed by atoms with E-state index in [1.54, 1.807) is 48.5 Å². The average molecular weight is 376 g/mol. The van der Waals surface area contributed by atoms with Gasteiger partial charge in [0.2, 0.25) is 0 Å². The molecule has 28 heavy (non-hydrogen) atoms. The Morgan fingerprint density at radius 1 is 0.679 bits per heavy atom. The van der Waals surface area contributed by atoms with Gasteiger partial charge in [0.05, 0.1) is 13.2 Å². The van der Waals surface area contributed by atoms with Crippen LogP contribution in [0.2, 0.25) is 0 Å². The van der Waals surface area contributed by atoms with Crippen LogP contribution in [-0.2, 0) is 0 Å². The Hall–Kier alpha value is -3.58. The molecule has 2 aromatic carbocycles. The normalized spacial score (nSPS) is 9.36. The predicted molar refractivity (Wildman–Crippen MR) is 105 cm³/mol. The van der Waals surface area contributed by atoms with E-state index >= 15 is 0 Å². The van der Waals surface area contributed by atoms with Gasteiger partial charge in [-0.25, -0.2) is 0 Å². The van der Waals surface area contributed by atoms with Crippen LogP contribution in [0.15, 0.2) is 48.5 Å². The highest BCUT2D eigenvalue weighted by Gasteiger charge is 2.04. The summed E-state index contributed by atoms with van der Waals surface area (Å²) in [6.07, 6.45) is 0. The average Bonchev–Trinajstić information content (AvgIpc) is 2.74. The Morgan fingerprint density at radius 2 is 1.04 bits per heavy atom. The van der Waals surface area contributed by atoms with E-state index < -0.39 is 0 Å². The van der Waals surface area contributed by atoms with E-state index in [4.69, 9.17) is 10.2 Å². The lowest BCUT2D eigenvalue weighted by atomic mass is 10.1. The summed E-state index contributed by atoms with van der Waals surface area (Å²) in [5.74, 6) is 10.8. The molecule has 142 valence electrons. The molecule has 0 bridgehead atoms. The predicted octanol–water partition coefficient (Wildman–Crippen LogP) is 0.534. The van der Waals surface area contributed by atoms with Crippen molar-refractivity contribution in [1.29, 1.82) is 0 Å². The molecule has 0 aliphatic rings. The van der Waals surface area contributed by atoms with Crippen molar-refractivity contribution < 1.29 is 19.8 Å².